The van der Waals surface area contributed by atoms with Crippen LogP contribution < -0.4 is 0 Å². The zero-order chi connectivity index (χ0) is 16.8. The van der Waals surface area contributed by atoms with Crippen LogP contribution in [-0.2, 0) is 22.8 Å². The van der Waals surface area contributed by atoms with E-state index in [2.05, 4.69) is 20.8 Å². The number of rotatable bonds is 14. The van der Waals surface area contributed by atoms with Crippen molar-refractivity contribution in [1.29, 1.82) is 0 Å². The Balaban J connectivity index is 4.94. The molecular formula is C16H34O5Si. The van der Waals surface area contributed by atoms with Gasteiger partial charge < -0.3 is 18.0 Å². The molecule has 0 spiro atoms. The second-order valence-electron chi connectivity index (χ2n) is 5.46. The Morgan fingerprint density at radius 1 is 0.864 bits per heavy atom. The molecule has 0 radical (unpaired) electrons. The highest BCUT2D eigenvalue weighted by atomic mass is 28.4. The lowest BCUT2D eigenvalue weighted by Gasteiger charge is -2.33. The predicted molar refractivity (Wildman–Crippen MR) is 89.6 cm³/mol. The van der Waals surface area contributed by atoms with E-state index in [9.17, 15) is 4.79 Å². The molecule has 1 atom stereocenters. The minimum atomic E-state index is -3.02. The Bertz CT molecular complexity index is 259. The Labute approximate surface area is 137 Å². The minimum Gasteiger partial charge on any atom is -0.458 e. The van der Waals surface area contributed by atoms with Crippen LogP contribution in [0.2, 0.25) is 0 Å². The maximum atomic E-state index is 11.3. The smallest absolute Gasteiger partial charge is 0.458 e. The van der Waals surface area contributed by atoms with Gasteiger partial charge in [-0.3, -0.25) is 4.79 Å². The van der Waals surface area contributed by atoms with E-state index in [0.717, 1.165) is 38.5 Å². The van der Waals surface area contributed by atoms with Crippen LogP contribution in [0.3, 0.4) is 0 Å². The van der Waals surface area contributed by atoms with Gasteiger partial charge in [-0.25, -0.2) is 0 Å². The van der Waals surface area contributed by atoms with Crippen molar-refractivity contribution in [3.05, 3.63) is 0 Å². The van der Waals surface area contributed by atoms with Crippen molar-refractivity contribution in [2.75, 3.05) is 19.8 Å². The fourth-order valence-electron chi connectivity index (χ4n) is 1.87. The first-order chi connectivity index (χ1) is 10.5. The van der Waals surface area contributed by atoms with Crippen LogP contribution in [0.1, 0.15) is 73.1 Å². The summed E-state index contributed by atoms with van der Waals surface area (Å²) in [5.74, 6) is -0.332. The molecule has 0 aliphatic heterocycles. The molecule has 0 aromatic heterocycles. The van der Waals surface area contributed by atoms with Crippen LogP contribution in [0, 0.1) is 0 Å². The first-order valence-electron chi connectivity index (χ1n) is 8.61. The molecule has 0 aliphatic rings. The topological polar surface area (TPSA) is 54.0 Å². The molecule has 132 valence electrons. The van der Waals surface area contributed by atoms with Crippen molar-refractivity contribution in [3.63, 3.8) is 0 Å². The van der Waals surface area contributed by atoms with Gasteiger partial charge in [0.15, 0.2) is 5.73 Å². The largest absolute Gasteiger partial charge is 0.543 e. The molecule has 0 saturated carbocycles. The van der Waals surface area contributed by atoms with Crippen LogP contribution in [-0.4, -0.2) is 40.3 Å². The molecule has 0 heterocycles. The number of ether oxygens (including phenoxy) is 1. The molecule has 0 aliphatic carbocycles. The number of esters is 1. The molecule has 0 bridgehead atoms. The van der Waals surface area contributed by atoms with Gasteiger partial charge in [-0.05, 0) is 26.2 Å². The van der Waals surface area contributed by atoms with Crippen molar-refractivity contribution >= 4 is 14.8 Å². The number of hydrogen-bond acceptors (Lipinski definition) is 5. The quantitative estimate of drug-likeness (QED) is 0.274. The highest BCUT2D eigenvalue weighted by Crippen LogP contribution is 2.20. The number of unbranched alkanes of at least 4 members (excludes halogenated alkanes) is 3. The molecule has 6 heteroatoms. The molecule has 0 rings (SSSR count). The average Bonchev–Trinajstić information content (AvgIpc) is 2.46. The van der Waals surface area contributed by atoms with Crippen LogP contribution in [0.25, 0.3) is 0 Å². The summed E-state index contributed by atoms with van der Waals surface area (Å²) in [5.41, 5.74) is -0.476. The molecule has 22 heavy (non-hydrogen) atoms. The fourth-order valence-corrected chi connectivity index (χ4v) is 4.43. The summed E-state index contributed by atoms with van der Waals surface area (Å²) in [6, 6.07) is 0. The second-order valence-corrected chi connectivity index (χ2v) is 8.35. The third kappa shape index (κ3) is 8.88. The second kappa shape index (κ2) is 13.0. The molecule has 1 unspecified atom stereocenters. The Hall–Kier alpha value is -0.433. The van der Waals surface area contributed by atoms with Gasteiger partial charge in [0, 0.05) is 26.7 Å². The zero-order valence-electron chi connectivity index (χ0n) is 15.0. The van der Waals surface area contributed by atoms with Crippen molar-refractivity contribution in [2.24, 2.45) is 0 Å². The SMILES string of the molecule is CCCCO[Si](OCCCC)(OCCCC)C(C)OC(C)=O. The molecule has 0 aromatic carbocycles. The standard InChI is InChI=1S/C16H34O5Si/c1-6-9-12-18-22(19-13-10-7-2,20-14-11-8-3)16(5)21-15(4)17/h16H,6-14H2,1-5H3. The number of hydrogen-bond donors (Lipinski definition) is 0. The lowest BCUT2D eigenvalue weighted by atomic mass is 10.4. The number of carbonyl (C=O) groups excluding carboxylic acids is 1. The van der Waals surface area contributed by atoms with E-state index < -0.39 is 14.5 Å². The van der Waals surface area contributed by atoms with Crippen LogP contribution in [0.5, 0.6) is 0 Å². The van der Waals surface area contributed by atoms with Gasteiger partial charge in [0.1, 0.15) is 0 Å². The van der Waals surface area contributed by atoms with E-state index in [1.54, 1.807) is 0 Å². The van der Waals surface area contributed by atoms with E-state index >= 15 is 0 Å². The fraction of sp³-hybridized carbons (Fsp3) is 0.938. The summed E-state index contributed by atoms with van der Waals surface area (Å²) in [7, 11) is -3.02. The highest BCUT2D eigenvalue weighted by molar-refractivity contribution is 6.62. The van der Waals surface area contributed by atoms with E-state index in [4.69, 9.17) is 18.0 Å². The van der Waals surface area contributed by atoms with Gasteiger partial charge in [0.05, 0.1) is 0 Å². The zero-order valence-corrected chi connectivity index (χ0v) is 16.0. The minimum absolute atomic E-state index is 0.332. The maximum Gasteiger partial charge on any atom is 0.543 e. The van der Waals surface area contributed by atoms with Crippen molar-refractivity contribution < 1.29 is 22.8 Å². The van der Waals surface area contributed by atoms with Crippen LogP contribution in [0.4, 0.5) is 0 Å². The van der Waals surface area contributed by atoms with Gasteiger partial charge in [-0.2, -0.15) is 0 Å². The van der Waals surface area contributed by atoms with Gasteiger partial charge in [0.25, 0.3) is 0 Å². The van der Waals surface area contributed by atoms with Gasteiger partial charge in [-0.1, -0.05) is 40.0 Å². The first kappa shape index (κ1) is 21.6. The summed E-state index contributed by atoms with van der Waals surface area (Å²) in [4.78, 5) is 11.3. The van der Waals surface area contributed by atoms with Crippen molar-refractivity contribution in [3.8, 4) is 0 Å². The normalized spacial score (nSPS) is 13.1. The molecule has 5 nitrogen and oxygen atoms in total. The summed E-state index contributed by atoms with van der Waals surface area (Å²) < 4.78 is 23.5. The summed E-state index contributed by atoms with van der Waals surface area (Å²) in [6.45, 7) is 11.3. The third-order valence-electron chi connectivity index (χ3n) is 3.24. The summed E-state index contributed by atoms with van der Waals surface area (Å²) in [6.07, 6.45) is 5.94. The lowest BCUT2D eigenvalue weighted by molar-refractivity contribution is -0.145. The lowest BCUT2D eigenvalue weighted by Crippen LogP contribution is -2.57. The van der Waals surface area contributed by atoms with E-state index in [1.165, 1.54) is 6.92 Å². The Morgan fingerprint density at radius 2 is 1.23 bits per heavy atom. The van der Waals surface area contributed by atoms with Crippen molar-refractivity contribution in [1.82, 2.24) is 0 Å². The number of carbonyl (C=O) groups is 1. The monoisotopic (exact) mass is 334 g/mol. The van der Waals surface area contributed by atoms with E-state index in [1.807, 2.05) is 6.92 Å². The van der Waals surface area contributed by atoms with Crippen molar-refractivity contribution in [2.45, 2.75) is 78.9 Å². The van der Waals surface area contributed by atoms with Gasteiger partial charge in [-0.15, -0.1) is 0 Å². The summed E-state index contributed by atoms with van der Waals surface area (Å²) >= 11 is 0. The first-order valence-corrected chi connectivity index (χ1v) is 10.4. The third-order valence-corrected chi connectivity index (χ3v) is 6.18. The molecular weight excluding hydrogens is 300 g/mol. The highest BCUT2D eigenvalue weighted by Gasteiger charge is 2.50. The summed E-state index contributed by atoms with van der Waals surface area (Å²) in [5, 5.41) is 0. The molecule has 0 aromatic rings. The molecule has 0 saturated heterocycles. The molecule has 0 N–H and O–H groups in total. The average molecular weight is 335 g/mol. The van der Waals surface area contributed by atoms with E-state index in [-0.39, 0.29) is 5.97 Å². The maximum absolute atomic E-state index is 11.3. The Morgan fingerprint density at radius 3 is 1.50 bits per heavy atom. The molecule has 0 fully saturated rings. The van der Waals surface area contributed by atoms with Crippen LogP contribution >= 0.6 is 0 Å². The predicted octanol–water partition coefficient (Wildman–Crippen LogP) is 3.87. The van der Waals surface area contributed by atoms with E-state index in [0.29, 0.717) is 19.8 Å². The van der Waals surface area contributed by atoms with Gasteiger partial charge >= 0.3 is 14.8 Å². The Kier molecular flexibility index (Phi) is 12.8. The molecule has 0 amide bonds. The van der Waals surface area contributed by atoms with Crippen LogP contribution in [0.15, 0.2) is 0 Å². The van der Waals surface area contributed by atoms with Gasteiger partial charge in [0.2, 0.25) is 0 Å².